The van der Waals surface area contributed by atoms with Gasteiger partial charge in [-0.25, -0.2) is 0 Å². The molecule has 0 saturated carbocycles. The predicted octanol–water partition coefficient (Wildman–Crippen LogP) is 2.35. The highest BCUT2D eigenvalue weighted by molar-refractivity contribution is 4.84. The smallest absolute Gasteiger partial charge is 0.163 e. The maximum atomic E-state index is 5.73. The molecule has 12 heavy (non-hydrogen) atoms. The second kappa shape index (κ2) is 3.58. The number of rotatable bonds is 2. The van der Waals surface area contributed by atoms with E-state index in [2.05, 4.69) is 13.5 Å². The summed E-state index contributed by atoms with van der Waals surface area (Å²) in [6, 6.07) is 0. The monoisotopic (exact) mass is 170 g/mol. The van der Waals surface area contributed by atoms with Crippen LogP contribution in [0.4, 0.5) is 0 Å². The van der Waals surface area contributed by atoms with E-state index in [9.17, 15) is 0 Å². The van der Waals surface area contributed by atoms with E-state index in [1.165, 1.54) is 0 Å². The quantitative estimate of drug-likeness (QED) is 0.592. The van der Waals surface area contributed by atoms with Gasteiger partial charge in [0.15, 0.2) is 5.79 Å². The lowest BCUT2D eigenvalue weighted by molar-refractivity contribution is -0.278. The summed E-state index contributed by atoms with van der Waals surface area (Å²) in [6.45, 7) is 10.6. The summed E-state index contributed by atoms with van der Waals surface area (Å²) < 4.78 is 11.2. The van der Waals surface area contributed by atoms with E-state index in [-0.39, 0.29) is 6.10 Å². The summed E-state index contributed by atoms with van der Waals surface area (Å²) in [7, 11) is 0. The maximum absolute atomic E-state index is 5.73. The normalized spacial score (nSPS) is 31.1. The van der Waals surface area contributed by atoms with Gasteiger partial charge >= 0.3 is 0 Å². The van der Waals surface area contributed by atoms with Gasteiger partial charge in [0.05, 0.1) is 12.7 Å². The van der Waals surface area contributed by atoms with Crippen molar-refractivity contribution < 1.29 is 9.47 Å². The zero-order valence-electron chi connectivity index (χ0n) is 8.17. The van der Waals surface area contributed by atoms with Crippen molar-refractivity contribution in [2.75, 3.05) is 6.61 Å². The predicted molar refractivity (Wildman–Crippen MR) is 48.9 cm³/mol. The van der Waals surface area contributed by atoms with Crippen molar-refractivity contribution in [3.05, 3.63) is 12.7 Å². The third kappa shape index (κ3) is 2.32. The second-order valence-electron chi connectivity index (χ2n) is 3.79. The molecule has 1 rings (SSSR count). The summed E-state index contributed by atoms with van der Waals surface area (Å²) >= 11 is 0. The van der Waals surface area contributed by atoms with Crippen LogP contribution in [0.15, 0.2) is 12.7 Å². The molecule has 2 nitrogen and oxygen atoms in total. The fourth-order valence-electron chi connectivity index (χ4n) is 1.40. The Morgan fingerprint density at radius 2 is 2.25 bits per heavy atom. The minimum atomic E-state index is -0.416. The lowest BCUT2D eigenvalue weighted by Crippen LogP contribution is -2.41. The van der Waals surface area contributed by atoms with Crippen molar-refractivity contribution in [2.24, 2.45) is 5.92 Å². The second-order valence-corrected chi connectivity index (χ2v) is 3.79. The molecular weight excluding hydrogens is 152 g/mol. The van der Waals surface area contributed by atoms with E-state index in [1.54, 1.807) is 0 Å². The highest BCUT2D eigenvalue weighted by Gasteiger charge is 2.31. The first-order valence-corrected chi connectivity index (χ1v) is 4.49. The van der Waals surface area contributed by atoms with Crippen LogP contribution in [0.25, 0.3) is 0 Å². The SMILES string of the molecule is C=C[C@@H](C)[C@@H]1CCOC(C)(C)O1. The molecule has 1 saturated heterocycles. The average molecular weight is 170 g/mol. The van der Waals surface area contributed by atoms with E-state index in [0.29, 0.717) is 5.92 Å². The molecule has 0 aromatic heterocycles. The Morgan fingerprint density at radius 3 is 2.75 bits per heavy atom. The Hall–Kier alpha value is -0.340. The molecule has 0 amide bonds. The molecular formula is C10H18O2. The van der Waals surface area contributed by atoms with Crippen LogP contribution >= 0.6 is 0 Å². The molecule has 1 aliphatic heterocycles. The van der Waals surface area contributed by atoms with Crippen molar-refractivity contribution in [3.8, 4) is 0 Å². The third-order valence-electron chi connectivity index (χ3n) is 2.25. The molecule has 0 bridgehead atoms. The summed E-state index contributed by atoms with van der Waals surface area (Å²) in [5.41, 5.74) is 0. The molecule has 2 heteroatoms. The summed E-state index contributed by atoms with van der Waals surface area (Å²) in [5.74, 6) is -0.00613. The molecule has 70 valence electrons. The van der Waals surface area contributed by atoms with E-state index in [0.717, 1.165) is 13.0 Å². The first-order valence-electron chi connectivity index (χ1n) is 4.49. The first-order chi connectivity index (χ1) is 5.55. The van der Waals surface area contributed by atoms with E-state index < -0.39 is 5.79 Å². The highest BCUT2D eigenvalue weighted by atomic mass is 16.7. The lowest BCUT2D eigenvalue weighted by atomic mass is 10.0. The Kier molecular flexibility index (Phi) is 2.91. The summed E-state index contributed by atoms with van der Waals surface area (Å²) in [4.78, 5) is 0. The fraction of sp³-hybridized carbons (Fsp3) is 0.800. The fourth-order valence-corrected chi connectivity index (χ4v) is 1.40. The first kappa shape index (κ1) is 9.75. The molecule has 0 unspecified atom stereocenters. The molecule has 0 spiro atoms. The van der Waals surface area contributed by atoms with Crippen LogP contribution < -0.4 is 0 Å². The molecule has 0 aromatic rings. The molecule has 2 atom stereocenters. The van der Waals surface area contributed by atoms with Gasteiger partial charge in [0, 0.05) is 5.92 Å². The van der Waals surface area contributed by atoms with Gasteiger partial charge in [0.1, 0.15) is 0 Å². The minimum Gasteiger partial charge on any atom is -0.350 e. The van der Waals surface area contributed by atoms with E-state index >= 15 is 0 Å². The van der Waals surface area contributed by atoms with Crippen LogP contribution in [-0.4, -0.2) is 18.5 Å². The number of hydrogen-bond donors (Lipinski definition) is 0. The molecule has 0 aromatic carbocycles. The zero-order chi connectivity index (χ0) is 9.19. The minimum absolute atomic E-state index is 0.270. The highest BCUT2D eigenvalue weighted by Crippen LogP contribution is 2.26. The van der Waals surface area contributed by atoms with Crippen molar-refractivity contribution in [1.29, 1.82) is 0 Å². The van der Waals surface area contributed by atoms with Gasteiger partial charge in [-0.1, -0.05) is 13.0 Å². The average Bonchev–Trinajstić information content (AvgIpc) is 2.01. The lowest BCUT2D eigenvalue weighted by Gasteiger charge is -2.37. The Labute approximate surface area is 74.6 Å². The molecule has 1 fully saturated rings. The summed E-state index contributed by atoms with van der Waals surface area (Å²) in [6.07, 6.45) is 3.18. The molecule has 0 aliphatic carbocycles. The standard InChI is InChI=1S/C10H18O2/c1-5-8(2)9-6-7-11-10(3,4)12-9/h5,8-9H,1,6-7H2,2-4H3/t8-,9+/m1/s1. The largest absolute Gasteiger partial charge is 0.350 e. The van der Waals surface area contributed by atoms with Gasteiger partial charge in [0.25, 0.3) is 0 Å². The van der Waals surface area contributed by atoms with E-state index in [1.807, 2.05) is 19.9 Å². The van der Waals surface area contributed by atoms with Crippen LogP contribution in [-0.2, 0) is 9.47 Å². The van der Waals surface area contributed by atoms with Crippen LogP contribution in [0.1, 0.15) is 27.2 Å². The maximum Gasteiger partial charge on any atom is 0.163 e. The van der Waals surface area contributed by atoms with Crippen LogP contribution in [0, 0.1) is 5.92 Å². The molecule has 1 heterocycles. The Morgan fingerprint density at radius 1 is 1.58 bits per heavy atom. The van der Waals surface area contributed by atoms with Gasteiger partial charge in [-0.05, 0) is 20.3 Å². The van der Waals surface area contributed by atoms with Crippen LogP contribution in [0.2, 0.25) is 0 Å². The Bertz CT molecular complexity index is 163. The van der Waals surface area contributed by atoms with Gasteiger partial charge in [0.2, 0.25) is 0 Å². The summed E-state index contributed by atoms with van der Waals surface area (Å²) in [5, 5.41) is 0. The number of hydrogen-bond acceptors (Lipinski definition) is 2. The van der Waals surface area contributed by atoms with Gasteiger partial charge in [-0.2, -0.15) is 0 Å². The van der Waals surface area contributed by atoms with Gasteiger partial charge < -0.3 is 9.47 Å². The van der Waals surface area contributed by atoms with Crippen LogP contribution in [0.5, 0.6) is 0 Å². The third-order valence-corrected chi connectivity index (χ3v) is 2.25. The van der Waals surface area contributed by atoms with Crippen molar-refractivity contribution in [3.63, 3.8) is 0 Å². The van der Waals surface area contributed by atoms with Gasteiger partial charge in [-0.15, -0.1) is 6.58 Å². The Balaban J connectivity index is 2.51. The number of ether oxygens (including phenoxy) is 2. The molecule has 1 aliphatic rings. The van der Waals surface area contributed by atoms with Crippen LogP contribution in [0.3, 0.4) is 0 Å². The zero-order valence-corrected chi connectivity index (χ0v) is 8.17. The van der Waals surface area contributed by atoms with Crippen molar-refractivity contribution in [2.45, 2.75) is 39.1 Å². The molecule has 0 radical (unpaired) electrons. The topological polar surface area (TPSA) is 18.5 Å². The van der Waals surface area contributed by atoms with E-state index in [4.69, 9.17) is 9.47 Å². The van der Waals surface area contributed by atoms with Crippen molar-refractivity contribution in [1.82, 2.24) is 0 Å². The van der Waals surface area contributed by atoms with Crippen molar-refractivity contribution >= 4 is 0 Å². The van der Waals surface area contributed by atoms with Gasteiger partial charge in [-0.3, -0.25) is 0 Å². The molecule has 0 N–H and O–H groups in total.